The number of nitrogens with zero attached hydrogens (tertiary/aromatic N) is 1. The first kappa shape index (κ1) is 23.4. The van der Waals surface area contributed by atoms with E-state index in [0.29, 0.717) is 35.1 Å². The Morgan fingerprint density at radius 3 is 2.35 bits per heavy atom. The molecule has 1 N–H and O–H groups in total. The molecule has 6 heteroatoms. The smallest absolute Gasteiger partial charge is 0.300 e. The van der Waals surface area contributed by atoms with Crippen molar-refractivity contribution in [3.05, 3.63) is 87.9 Å². The molecule has 176 valence electrons. The highest BCUT2D eigenvalue weighted by molar-refractivity contribution is 6.51. The van der Waals surface area contributed by atoms with E-state index in [0.717, 1.165) is 23.1 Å². The molecule has 34 heavy (non-hydrogen) atoms. The lowest BCUT2D eigenvalue weighted by Crippen LogP contribution is -2.29. The van der Waals surface area contributed by atoms with Gasteiger partial charge in [0.25, 0.3) is 11.7 Å². The van der Waals surface area contributed by atoms with Gasteiger partial charge in [-0.2, -0.15) is 0 Å². The van der Waals surface area contributed by atoms with Crippen molar-refractivity contribution in [1.29, 1.82) is 0 Å². The van der Waals surface area contributed by atoms with Gasteiger partial charge >= 0.3 is 0 Å². The molecule has 1 aromatic heterocycles. The molecule has 1 fully saturated rings. The van der Waals surface area contributed by atoms with Gasteiger partial charge in [-0.15, -0.1) is 0 Å². The summed E-state index contributed by atoms with van der Waals surface area (Å²) in [5.41, 5.74) is 3.90. The maximum absolute atomic E-state index is 13.3. The number of aliphatic hydroxyl groups is 1. The van der Waals surface area contributed by atoms with E-state index in [9.17, 15) is 14.7 Å². The second-order valence-electron chi connectivity index (χ2n) is 8.71. The third kappa shape index (κ3) is 4.12. The zero-order valence-corrected chi connectivity index (χ0v) is 20.1. The van der Waals surface area contributed by atoms with Gasteiger partial charge in [-0.1, -0.05) is 13.0 Å². The fourth-order valence-corrected chi connectivity index (χ4v) is 4.17. The van der Waals surface area contributed by atoms with Crippen molar-refractivity contribution in [1.82, 2.24) is 0 Å². The monoisotopic (exact) mass is 459 g/mol. The van der Waals surface area contributed by atoms with Gasteiger partial charge < -0.3 is 14.3 Å². The largest absolute Gasteiger partial charge is 0.507 e. The Balaban J connectivity index is 1.87. The number of ketones is 1. The number of amides is 1. The molecule has 4 rings (SSSR count). The van der Waals surface area contributed by atoms with Crippen LogP contribution in [0.4, 0.5) is 5.69 Å². The third-order valence-electron chi connectivity index (χ3n) is 6.15. The first-order valence-electron chi connectivity index (χ1n) is 11.4. The van der Waals surface area contributed by atoms with E-state index < -0.39 is 17.7 Å². The summed E-state index contributed by atoms with van der Waals surface area (Å²) in [4.78, 5) is 27.9. The van der Waals surface area contributed by atoms with Gasteiger partial charge in [0.05, 0.1) is 12.2 Å². The van der Waals surface area contributed by atoms with Crippen molar-refractivity contribution >= 4 is 23.1 Å². The lowest BCUT2D eigenvalue weighted by molar-refractivity contribution is -0.132. The molecule has 1 amide bonds. The number of Topliss-reactive ketones (excluding diaryl/α,β-unsaturated/α-hetero) is 1. The summed E-state index contributed by atoms with van der Waals surface area (Å²) in [5.74, 6) is 0.0772. The Morgan fingerprint density at radius 2 is 1.74 bits per heavy atom. The van der Waals surface area contributed by atoms with E-state index in [1.807, 2.05) is 39.8 Å². The normalized spacial score (nSPS) is 17.4. The van der Waals surface area contributed by atoms with Crippen molar-refractivity contribution in [2.45, 2.75) is 47.1 Å². The zero-order valence-electron chi connectivity index (χ0n) is 20.1. The van der Waals surface area contributed by atoms with E-state index in [2.05, 4.69) is 0 Å². The molecular weight excluding hydrogens is 430 g/mol. The van der Waals surface area contributed by atoms with Crippen LogP contribution >= 0.6 is 0 Å². The first-order chi connectivity index (χ1) is 16.2. The number of carbonyl (C=O) groups is 2. The van der Waals surface area contributed by atoms with Gasteiger partial charge in [0.15, 0.2) is 0 Å². The van der Waals surface area contributed by atoms with Gasteiger partial charge in [-0.25, -0.2) is 0 Å². The average Bonchev–Trinajstić information content (AvgIpc) is 3.35. The van der Waals surface area contributed by atoms with Crippen LogP contribution in [0, 0.1) is 27.7 Å². The molecule has 1 aliphatic rings. The highest BCUT2D eigenvalue weighted by atomic mass is 16.5. The number of rotatable bonds is 6. The van der Waals surface area contributed by atoms with Crippen LogP contribution in [0.3, 0.4) is 0 Å². The predicted octanol–water partition coefficient (Wildman–Crippen LogP) is 5.93. The molecule has 3 aromatic rings. The van der Waals surface area contributed by atoms with E-state index >= 15 is 0 Å². The van der Waals surface area contributed by atoms with Crippen molar-refractivity contribution in [3.8, 4) is 5.75 Å². The van der Waals surface area contributed by atoms with Crippen molar-refractivity contribution in [2.75, 3.05) is 11.5 Å². The number of hydrogen-bond acceptors (Lipinski definition) is 5. The van der Waals surface area contributed by atoms with Gasteiger partial charge in [0.2, 0.25) is 0 Å². The molecular formula is C28H29NO5. The lowest BCUT2D eigenvalue weighted by atomic mass is 9.98. The zero-order chi connectivity index (χ0) is 24.6. The van der Waals surface area contributed by atoms with Crippen LogP contribution in [0.25, 0.3) is 5.76 Å². The van der Waals surface area contributed by atoms with Crippen molar-refractivity contribution in [2.24, 2.45) is 0 Å². The topological polar surface area (TPSA) is 80.0 Å². The van der Waals surface area contributed by atoms with Gasteiger partial charge in [0, 0.05) is 11.3 Å². The van der Waals surface area contributed by atoms with Crippen LogP contribution in [0.5, 0.6) is 5.75 Å². The Labute approximate surface area is 199 Å². The summed E-state index contributed by atoms with van der Waals surface area (Å²) in [7, 11) is 0. The van der Waals surface area contributed by atoms with Crippen LogP contribution < -0.4 is 9.64 Å². The molecule has 2 aromatic carbocycles. The maximum atomic E-state index is 13.3. The Hall–Kier alpha value is -3.80. The molecule has 0 radical (unpaired) electrons. The number of hydrogen-bond donors (Lipinski definition) is 1. The number of carbonyl (C=O) groups excluding carboxylic acids is 2. The standard InChI is InChI=1S/C28H29NO5/c1-6-13-33-22-12-9-20(14-18(22)4)26(30)24-25(23-11-8-19(5)34-23)29(28(32)27(24)31)21-10-7-16(2)17(3)15-21/h7-12,14-15,25,30H,6,13H2,1-5H3/b26-24-. The fraction of sp³-hybridized carbons (Fsp3) is 0.286. The number of aryl methyl sites for hydroxylation is 4. The molecule has 0 bridgehead atoms. The molecule has 1 atom stereocenters. The summed E-state index contributed by atoms with van der Waals surface area (Å²) in [6.07, 6.45) is 0.881. The lowest BCUT2D eigenvalue weighted by Gasteiger charge is -2.24. The Morgan fingerprint density at radius 1 is 0.971 bits per heavy atom. The highest BCUT2D eigenvalue weighted by Crippen LogP contribution is 2.43. The molecule has 0 saturated carbocycles. The van der Waals surface area contributed by atoms with Gasteiger partial charge in [-0.05, 0) is 93.3 Å². The summed E-state index contributed by atoms with van der Waals surface area (Å²) in [6.45, 7) is 10.2. The first-order valence-corrected chi connectivity index (χ1v) is 11.4. The third-order valence-corrected chi connectivity index (χ3v) is 6.15. The van der Waals surface area contributed by atoms with Crippen LogP contribution in [0.2, 0.25) is 0 Å². The maximum Gasteiger partial charge on any atom is 0.300 e. The minimum Gasteiger partial charge on any atom is -0.507 e. The van der Waals surface area contributed by atoms with Crippen LogP contribution in [0.15, 0.2) is 58.5 Å². The molecule has 0 aliphatic carbocycles. The van der Waals surface area contributed by atoms with Gasteiger partial charge in [-0.3, -0.25) is 14.5 Å². The quantitative estimate of drug-likeness (QED) is 0.281. The Bertz CT molecular complexity index is 1300. The SMILES string of the molecule is CCCOc1ccc(/C(O)=C2/C(=O)C(=O)N(c3ccc(C)c(C)c3)C2c2ccc(C)o2)cc1C. The minimum atomic E-state index is -0.882. The molecule has 1 saturated heterocycles. The number of benzene rings is 2. The number of furan rings is 1. The molecule has 1 aliphatic heterocycles. The average molecular weight is 460 g/mol. The van der Waals surface area contributed by atoms with E-state index in [1.165, 1.54) is 4.90 Å². The van der Waals surface area contributed by atoms with Crippen molar-refractivity contribution in [3.63, 3.8) is 0 Å². The van der Waals surface area contributed by atoms with Crippen LogP contribution in [-0.4, -0.2) is 23.4 Å². The predicted molar refractivity (Wildman–Crippen MR) is 131 cm³/mol. The van der Waals surface area contributed by atoms with E-state index in [1.54, 1.807) is 43.3 Å². The van der Waals surface area contributed by atoms with Gasteiger partial charge in [0.1, 0.15) is 29.1 Å². The number of anilines is 1. The highest BCUT2D eigenvalue weighted by Gasteiger charge is 2.48. The molecule has 6 nitrogen and oxygen atoms in total. The Kier molecular flexibility index (Phi) is 6.33. The summed E-state index contributed by atoms with van der Waals surface area (Å²) < 4.78 is 11.6. The molecule has 1 unspecified atom stereocenters. The number of aliphatic hydroxyl groups excluding tert-OH is 1. The van der Waals surface area contributed by atoms with Crippen LogP contribution in [-0.2, 0) is 9.59 Å². The van der Waals surface area contributed by atoms with E-state index in [-0.39, 0.29) is 11.3 Å². The summed E-state index contributed by atoms with van der Waals surface area (Å²) in [6, 6.07) is 13.4. The van der Waals surface area contributed by atoms with Crippen LogP contribution in [0.1, 0.15) is 53.2 Å². The fourth-order valence-electron chi connectivity index (χ4n) is 4.17. The minimum absolute atomic E-state index is 0.000736. The molecule has 0 spiro atoms. The second kappa shape index (κ2) is 9.21. The summed E-state index contributed by atoms with van der Waals surface area (Å²) >= 11 is 0. The second-order valence-corrected chi connectivity index (χ2v) is 8.71. The van der Waals surface area contributed by atoms with Crippen molar-refractivity contribution < 1.29 is 23.8 Å². The van der Waals surface area contributed by atoms with E-state index in [4.69, 9.17) is 9.15 Å². The number of ether oxygens (including phenoxy) is 1. The molecule has 2 heterocycles. The summed E-state index contributed by atoms with van der Waals surface area (Å²) in [5, 5.41) is 11.3.